The summed E-state index contributed by atoms with van der Waals surface area (Å²) in [7, 11) is 3.83. The molecule has 0 aliphatic heterocycles. The number of amides is 1. The number of rotatable bonds is 4. The van der Waals surface area contributed by atoms with Crippen molar-refractivity contribution in [3.8, 4) is 0 Å². The molecule has 1 rings (SSSR count). The second kappa shape index (κ2) is 5.61. The molecule has 4 heteroatoms. The summed E-state index contributed by atoms with van der Waals surface area (Å²) in [5.74, 6) is -0.837. The van der Waals surface area contributed by atoms with Crippen LogP contribution >= 0.6 is 0 Å². The second-order valence-corrected chi connectivity index (χ2v) is 4.04. The second-order valence-electron chi connectivity index (χ2n) is 4.04. The summed E-state index contributed by atoms with van der Waals surface area (Å²) in [6, 6.07) is 4.52. The van der Waals surface area contributed by atoms with Gasteiger partial charge in [-0.15, -0.1) is 0 Å². The van der Waals surface area contributed by atoms with Gasteiger partial charge in [-0.1, -0.05) is 11.6 Å². The van der Waals surface area contributed by atoms with E-state index in [1.807, 2.05) is 25.9 Å². The van der Waals surface area contributed by atoms with Gasteiger partial charge in [0.15, 0.2) is 0 Å². The van der Waals surface area contributed by atoms with E-state index in [-0.39, 0.29) is 11.5 Å². The van der Waals surface area contributed by atoms with Crippen molar-refractivity contribution in [2.75, 3.05) is 27.2 Å². The van der Waals surface area contributed by atoms with E-state index in [1.54, 1.807) is 12.1 Å². The summed E-state index contributed by atoms with van der Waals surface area (Å²) < 4.78 is 13.3. The smallest absolute Gasteiger partial charge is 0.254 e. The summed E-state index contributed by atoms with van der Waals surface area (Å²) in [5.41, 5.74) is 0.984. The molecule has 0 bridgehead atoms. The molecular weight excluding hydrogens is 207 g/mol. The van der Waals surface area contributed by atoms with Crippen molar-refractivity contribution in [2.45, 2.75) is 6.92 Å². The lowest BCUT2D eigenvalue weighted by molar-refractivity contribution is 0.0947. The van der Waals surface area contributed by atoms with Gasteiger partial charge < -0.3 is 10.2 Å². The van der Waals surface area contributed by atoms with Crippen molar-refractivity contribution < 1.29 is 9.18 Å². The van der Waals surface area contributed by atoms with E-state index in [2.05, 4.69) is 5.32 Å². The Hall–Kier alpha value is -1.42. The van der Waals surface area contributed by atoms with Crippen molar-refractivity contribution in [3.63, 3.8) is 0 Å². The standard InChI is InChI=1S/C12H17FN2O/c1-9-4-5-11(13)10(8-9)12(16)14-6-7-15(2)3/h4-5,8H,6-7H2,1-3H3,(H,14,16). The largest absolute Gasteiger partial charge is 0.351 e. The average Bonchev–Trinajstić information content (AvgIpc) is 2.21. The Labute approximate surface area is 95.3 Å². The lowest BCUT2D eigenvalue weighted by Crippen LogP contribution is -2.31. The van der Waals surface area contributed by atoms with Crippen LogP contribution in [-0.4, -0.2) is 38.0 Å². The molecule has 3 nitrogen and oxygen atoms in total. The van der Waals surface area contributed by atoms with Gasteiger partial charge in [-0.2, -0.15) is 0 Å². The van der Waals surface area contributed by atoms with Crippen molar-refractivity contribution in [2.24, 2.45) is 0 Å². The lowest BCUT2D eigenvalue weighted by Gasteiger charge is -2.11. The average molecular weight is 224 g/mol. The van der Waals surface area contributed by atoms with Crippen molar-refractivity contribution in [3.05, 3.63) is 35.1 Å². The minimum absolute atomic E-state index is 0.110. The van der Waals surface area contributed by atoms with Crippen LogP contribution in [0.1, 0.15) is 15.9 Å². The topological polar surface area (TPSA) is 32.3 Å². The Morgan fingerprint density at radius 2 is 2.12 bits per heavy atom. The fourth-order valence-corrected chi connectivity index (χ4v) is 1.30. The van der Waals surface area contributed by atoms with E-state index in [0.717, 1.165) is 12.1 Å². The Morgan fingerprint density at radius 1 is 1.44 bits per heavy atom. The number of carbonyl (C=O) groups is 1. The summed E-state index contributed by atoms with van der Waals surface area (Å²) in [4.78, 5) is 13.6. The number of hydrogen-bond donors (Lipinski definition) is 1. The third-order valence-electron chi connectivity index (χ3n) is 2.21. The van der Waals surface area contributed by atoms with Crippen molar-refractivity contribution >= 4 is 5.91 Å². The first-order valence-corrected chi connectivity index (χ1v) is 5.20. The molecule has 0 heterocycles. The van der Waals surface area contributed by atoms with Crippen LogP contribution < -0.4 is 5.32 Å². The normalized spacial score (nSPS) is 10.6. The number of benzene rings is 1. The fraction of sp³-hybridized carbons (Fsp3) is 0.417. The molecule has 1 aromatic rings. The maximum atomic E-state index is 13.3. The van der Waals surface area contributed by atoms with Gasteiger partial charge in [-0.25, -0.2) is 4.39 Å². The molecular formula is C12H17FN2O. The summed E-state index contributed by atoms with van der Waals surface area (Å²) in [6.45, 7) is 3.08. The number of nitrogens with one attached hydrogen (secondary N) is 1. The summed E-state index contributed by atoms with van der Waals surface area (Å²) in [5, 5.41) is 2.68. The minimum atomic E-state index is -0.479. The van der Waals surface area contributed by atoms with Gasteiger partial charge in [0.05, 0.1) is 5.56 Å². The molecule has 0 aromatic heterocycles. The lowest BCUT2D eigenvalue weighted by atomic mass is 10.1. The molecule has 88 valence electrons. The number of aryl methyl sites for hydroxylation is 1. The zero-order chi connectivity index (χ0) is 12.1. The van der Waals surface area contributed by atoms with Gasteiger partial charge in [0.2, 0.25) is 0 Å². The highest BCUT2D eigenvalue weighted by atomic mass is 19.1. The van der Waals surface area contributed by atoms with Crippen LogP contribution in [0.3, 0.4) is 0 Å². The van der Waals surface area contributed by atoms with Crippen LogP contribution in [0.4, 0.5) is 4.39 Å². The van der Waals surface area contributed by atoms with Crippen LogP contribution in [0, 0.1) is 12.7 Å². The molecule has 0 atom stereocenters. The van der Waals surface area contributed by atoms with E-state index in [4.69, 9.17) is 0 Å². The summed E-state index contributed by atoms with van der Waals surface area (Å²) >= 11 is 0. The number of likely N-dealkylation sites (N-methyl/N-ethyl adjacent to an activating group) is 1. The molecule has 0 radical (unpaired) electrons. The molecule has 0 fully saturated rings. The van der Waals surface area contributed by atoms with Crippen molar-refractivity contribution in [1.29, 1.82) is 0 Å². The van der Waals surface area contributed by atoms with Gasteiger partial charge >= 0.3 is 0 Å². The Bertz CT molecular complexity index is 377. The highest BCUT2D eigenvalue weighted by Gasteiger charge is 2.10. The molecule has 0 aliphatic rings. The predicted molar refractivity (Wildman–Crippen MR) is 62.0 cm³/mol. The molecule has 1 amide bonds. The SMILES string of the molecule is Cc1ccc(F)c(C(=O)NCCN(C)C)c1. The van der Waals surface area contributed by atoms with Gasteiger partial charge in [0.25, 0.3) is 5.91 Å². The first kappa shape index (κ1) is 12.6. The maximum absolute atomic E-state index is 13.3. The van der Waals surface area contributed by atoms with E-state index < -0.39 is 5.82 Å². The zero-order valence-electron chi connectivity index (χ0n) is 9.88. The van der Waals surface area contributed by atoms with E-state index in [1.165, 1.54) is 6.07 Å². The maximum Gasteiger partial charge on any atom is 0.254 e. The fourth-order valence-electron chi connectivity index (χ4n) is 1.30. The number of hydrogen-bond acceptors (Lipinski definition) is 2. The van der Waals surface area contributed by atoms with E-state index in [0.29, 0.717) is 6.54 Å². The van der Waals surface area contributed by atoms with E-state index >= 15 is 0 Å². The predicted octanol–water partition coefficient (Wildman–Crippen LogP) is 1.43. The molecule has 0 spiro atoms. The van der Waals surface area contributed by atoms with Gasteiger partial charge in [-0.05, 0) is 33.2 Å². The Balaban J connectivity index is 2.62. The first-order valence-electron chi connectivity index (χ1n) is 5.20. The van der Waals surface area contributed by atoms with Crippen molar-refractivity contribution in [1.82, 2.24) is 10.2 Å². The molecule has 1 aromatic carbocycles. The van der Waals surface area contributed by atoms with Crippen LogP contribution in [0.15, 0.2) is 18.2 Å². The third kappa shape index (κ3) is 3.62. The van der Waals surface area contributed by atoms with Crippen LogP contribution in [-0.2, 0) is 0 Å². The van der Waals surface area contributed by atoms with Gasteiger partial charge in [0.1, 0.15) is 5.82 Å². The number of carbonyl (C=O) groups excluding carboxylic acids is 1. The third-order valence-corrected chi connectivity index (χ3v) is 2.21. The highest BCUT2D eigenvalue weighted by Crippen LogP contribution is 2.09. The number of nitrogens with zero attached hydrogens (tertiary/aromatic N) is 1. The van der Waals surface area contributed by atoms with Gasteiger partial charge in [0, 0.05) is 13.1 Å². The zero-order valence-corrected chi connectivity index (χ0v) is 9.88. The minimum Gasteiger partial charge on any atom is -0.351 e. The molecule has 16 heavy (non-hydrogen) atoms. The monoisotopic (exact) mass is 224 g/mol. The highest BCUT2D eigenvalue weighted by molar-refractivity contribution is 5.94. The number of halogens is 1. The van der Waals surface area contributed by atoms with E-state index in [9.17, 15) is 9.18 Å². The summed E-state index contributed by atoms with van der Waals surface area (Å²) in [6.07, 6.45) is 0. The Kier molecular flexibility index (Phi) is 4.43. The first-order chi connectivity index (χ1) is 7.50. The van der Waals surface area contributed by atoms with Crippen LogP contribution in [0.2, 0.25) is 0 Å². The quantitative estimate of drug-likeness (QED) is 0.839. The van der Waals surface area contributed by atoms with Crippen LogP contribution in [0.25, 0.3) is 0 Å². The van der Waals surface area contributed by atoms with Crippen LogP contribution in [0.5, 0.6) is 0 Å². The Morgan fingerprint density at radius 3 is 2.75 bits per heavy atom. The molecule has 0 unspecified atom stereocenters. The van der Waals surface area contributed by atoms with Gasteiger partial charge in [-0.3, -0.25) is 4.79 Å². The molecule has 0 saturated carbocycles. The molecule has 0 saturated heterocycles. The molecule has 0 aliphatic carbocycles. The molecule has 1 N–H and O–H groups in total.